The molecule has 0 aliphatic carbocycles. The van der Waals surface area contributed by atoms with E-state index in [1.54, 1.807) is 4.72 Å². The van der Waals surface area contributed by atoms with Gasteiger partial charge in [0, 0.05) is 5.41 Å². The van der Waals surface area contributed by atoms with Crippen LogP contribution in [0, 0.1) is 17.0 Å². The quantitative estimate of drug-likeness (QED) is 0.495. The Labute approximate surface area is 116 Å². The van der Waals surface area contributed by atoms with Crippen LogP contribution in [0.25, 0.3) is 0 Å². The summed E-state index contributed by atoms with van der Waals surface area (Å²) in [6, 6.07) is 1.56. The maximum atomic E-state index is 14.0. The van der Waals surface area contributed by atoms with Gasteiger partial charge in [0.2, 0.25) is 0 Å². The molecule has 0 atom stereocenters. The molecule has 0 fully saturated rings. The van der Waals surface area contributed by atoms with Gasteiger partial charge in [-0.05, 0) is 12.1 Å². The maximum absolute atomic E-state index is 14.0. The topological polar surface area (TPSA) is 29.1 Å². The third-order valence-corrected chi connectivity index (χ3v) is 2.83. The number of Topliss-reactive ketones (excluding diaryl/α,β-unsaturated/α-hetero) is 1. The van der Waals surface area contributed by atoms with Gasteiger partial charge in [0.15, 0.2) is 11.6 Å². The van der Waals surface area contributed by atoms with E-state index in [2.05, 4.69) is 0 Å². The maximum Gasteiger partial charge on any atom is 0.461 e. The minimum absolute atomic E-state index is 0.596. The lowest BCUT2D eigenvalue weighted by Crippen LogP contribution is -2.23. The van der Waals surface area contributed by atoms with Gasteiger partial charge < -0.3 is 4.72 Å². The number of nitrogens with one attached hydrogen (secondary N) is 1. The third kappa shape index (κ3) is 4.09. The Kier molecular flexibility index (Phi) is 4.68. The van der Waals surface area contributed by atoms with Gasteiger partial charge in [-0.3, -0.25) is 4.79 Å². The van der Waals surface area contributed by atoms with E-state index < -0.39 is 51.5 Å². The van der Waals surface area contributed by atoms with Crippen LogP contribution in [0.3, 0.4) is 0 Å². The minimum atomic E-state index is -4.63. The Bertz CT molecular complexity index is 522. The van der Waals surface area contributed by atoms with E-state index in [1.165, 1.54) is 20.8 Å². The molecular formula is C12H12F5NOS. The first-order valence-corrected chi connectivity index (χ1v) is 6.28. The van der Waals surface area contributed by atoms with Crippen LogP contribution in [0.5, 0.6) is 0 Å². The molecule has 0 amide bonds. The summed E-state index contributed by atoms with van der Waals surface area (Å²) in [7, 11) is 0. The predicted octanol–water partition coefficient (Wildman–Crippen LogP) is 4.77. The monoisotopic (exact) mass is 313 g/mol. The molecule has 0 saturated carbocycles. The molecule has 1 aromatic rings. The number of halogens is 5. The second kappa shape index (κ2) is 5.59. The molecule has 0 unspecified atom stereocenters. The molecule has 0 saturated heterocycles. The van der Waals surface area contributed by atoms with Crippen LogP contribution >= 0.6 is 11.9 Å². The highest BCUT2D eigenvalue weighted by Gasteiger charge is 2.32. The van der Waals surface area contributed by atoms with Crippen molar-refractivity contribution in [2.75, 3.05) is 4.72 Å². The standard InChI is InChI=1S/C12H12F5NOS/c1-11(2,3)10(19)8-6(13)4-5-7(9(8)14)18-20-12(15,16)17/h4-5,18H,1-3H3. The van der Waals surface area contributed by atoms with Gasteiger partial charge in [-0.1, -0.05) is 20.8 Å². The van der Waals surface area contributed by atoms with E-state index in [1.807, 2.05) is 0 Å². The van der Waals surface area contributed by atoms with Crippen LogP contribution < -0.4 is 4.72 Å². The summed E-state index contributed by atoms with van der Waals surface area (Å²) in [5, 5.41) is 0. The number of ketones is 1. The zero-order valence-electron chi connectivity index (χ0n) is 10.9. The first kappa shape index (κ1) is 16.7. The highest BCUT2D eigenvalue weighted by Crippen LogP contribution is 2.34. The normalized spacial score (nSPS) is 12.4. The molecule has 1 aromatic carbocycles. The minimum Gasteiger partial charge on any atom is -0.320 e. The number of hydrogen-bond acceptors (Lipinski definition) is 3. The summed E-state index contributed by atoms with van der Waals surface area (Å²) < 4.78 is 65.4. The third-order valence-electron chi connectivity index (χ3n) is 2.28. The Morgan fingerprint density at radius 3 is 2.15 bits per heavy atom. The summed E-state index contributed by atoms with van der Waals surface area (Å²) in [6.45, 7) is 4.37. The number of carbonyl (C=O) groups excluding carboxylic acids is 1. The van der Waals surface area contributed by atoms with Crippen molar-refractivity contribution >= 4 is 23.4 Å². The van der Waals surface area contributed by atoms with Crippen LogP contribution in [-0.2, 0) is 0 Å². The first-order valence-electron chi connectivity index (χ1n) is 5.47. The van der Waals surface area contributed by atoms with Crippen molar-refractivity contribution in [1.82, 2.24) is 0 Å². The van der Waals surface area contributed by atoms with Crippen molar-refractivity contribution in [3.63, 3.8) is 0 Å². The molecule has 0 heterocycles. The van der Waals surface area contributed by atoms with E-state index in [4.69, 9.17) is 0 Å². The molecule has 2 nitrogen and oxygen atoms in total. The molecular weight excluding hydrogens is 301 g/mol. The Morgan fingerprint density at radius 2 is 1.70 bits per heavy atom. The molecule has 8 heteroatoms. The molecule has 0 aliphatic heterocycles. The van der Waals surface area contributed by atoms with Gasteiger partial charge in [-0.15, -0.1) is 0 Å². The molecule has 0 aliphatic rings. The van der Waals surface area contributed by atoms with Gasteiger partial charge in [0.1, 0.15) is 5.82 Å². The first-order chi connectivity index (χ1) is 8.93. The Hall–Kier alpha value is -1.31. The van der Waals surface area contributed by atoms with Crippen LogP contribution in [0.4, 0.5) is 27.6 Å². The zero-order chi connectivity index (χ0) is 15.7. The van der Waals surface area contributed by atoms with Crippen LogP contribution in [-0.4, -0.2) is 11.3 Å². The number of hydrogen-bond donors (Lipinski definition) is 1. The number of carbonyl (C=O) groups is 1. The lowest BCUT2D eigenvalue weighted by molar-refractivity contribution is -0.0323. The summed E-state index contributed by atoms with van der Waals surface area (Å²) in [5.41, 5.74) is -7.13. The number of benzene rings is 1. The van der Waals surface area contributed by atoms with E-state index in [0.29, 0.717) is 0 Å². The highest BCUT2D eigenvalue weighted by atomic mass is 32.2. The second-order valence-electron chi connectivity index (χ2n) is 5.01. The average molecular weight is 313 g/mol. The Morgan fingerprint density at radius 1 is 1.15 bits per heavy atom. The smallest absolute Gasteiger partial charge is 0.320 e. The molecule has 112 valence electrons. The molecule has 0 bridgehead atoms. The zero-order valence-corrected chi connectivity index (χ0v) is 11.7. The summed E-state index contributed by atoms with van der Waals surface area (Å²) in [5.74, 6) is -3.26. The van der Waals surface area contributed by atoms with Gasteiger partial charge in [-0.25, -0.2) is 8.78 Å². The van der Waals surface area contributed by atoms with Crippen LogP contribution in [0.1, 0.15) is 31.1 Å². The van der Waals surface area contributed by atoms with Crippen molar-refractivity contribution in [3.8, 4) is 0 Å². The summed E-state index contributed by atoms with van der Waals surface area (Å²) >= 11 is -0.689. The predicted molar refractivity (Wildman–Crippen MR) is 67.4 cm³/mol. The molecule has 20 heavy (non-hydrogen) atoms. The highest BCUT2D eigenvalue weighted by molar-refractivity contribution is 8.01. The number of rotatable bonds is 3. The lowest BCUT2D eigenvalue weighted by Gasteiger charge is -2.19. The number of anilines is 1. The molecule has 0 aromatic heterocycles. The van der Waals surface area contributed by atoms with Gasteiger partial charge >= 0.3 is 5.51 Å². The second-order valence-corrected chi connectivity index (χ2v) is 5.88. The fraction of sp³-hybridized carbons (Fsp3) is 0.417. The van der Waals surface area contributed by atoms with Crippen molar-refractivity contribution in [3.05, 3.63) is 29.3 Å². The number of alkyl halides is 3. The average Bonchev–Trinajstić information content (AvgIpc) is 2.25. The van der Waals surface area contributed by atoms with E-state index >= 15 is 0 Å². The summed E-state index contributed by atoms with van der Waals surface area (Å²) in [6.07, 6.45) is 0. The SMILES string of the molecule is CC(C)(C)C(=O)c1c(F)ccc(NSC(F)(F)F)c1F. The van der Waals surface area contributed by atoms with Crippen LogP contribution in [0.15, 0.2) is 12.1 Å². The Balaban J connectivity index is 3.17. The van der Waals surface area contributed by atoms with E-state index in [0.717, 1.165) is 12.1 Å². The van der Waals surface area contributed by atoms with Crippen molar-refractivity contribution in [2.45, 2.75) is 26.3 Å². The van der Waals surface area contributed by atoms with E-state index in [-0.39, 0.29) is 0 Å². The molecule has 0 spiro atoms. The van der Waals surface area contributed by atoms with Crippen molar-refractivity contribution in [1.29, 1.82) is 0 Å². The van der Waals surface area contributed by atoms with Crippen LogP contribution in [0.2, 0.25) is 0 Å². The van der Waals surface area contributed by atoms with Gasteiger partial charge in [0.05, 0.1) is 23.2 Å². The fourth-order valence-electron chi connectivity index (χ4n) is 1.33. The molecule has 0 radical (unpaired) electrons. The largest absolute Gasteiger partial charge is 0.461 e. The van der Waals surface area contributed by atoms with E-state index in [9.17, 15) is 26.7 Å². The molecule has 1 rings (SSSR count). The van der Waals surface area contributed by atoms with Gasteiger partial charge in [-0.2, -0.15) is 13.2 Å². The van der Waals surface area contributed by atoms with Crippen molar-refractivity contribution < 1.29 is 26.7 Å². The van der Waals surface area contributed by atoms with Gasteiger partial charge in [0.25, 0.3) is 0 Å². The van der Waals surface area contributed by atoms with Crippen molar-refractivity contribution in [2.24, 2.45) is 5.41 Å². The lowest BCUT2D eigenvalue weighted by atomic mass is 9.86. The fourth-order valence-corrected chi connectivity index (χ4v) is 1.71. The molecule has 1 N–H and O–H groups in total. The summed E-state index contributed by atoms with van der Waals surface area (Å²) in [4.78, 5) is 11.9.